The molecule has 0 radical (unpaired) electrons. The molecule has 0 fully saturated rings. The van der Waals surface area contributed by atoms with Gasteiger partial charge in [0.1, 0.15) is 0 Å². The van der Waals surface area contributed by atoms with Gasteiger partial charge in [-0.3, -0.25) is 4.79 Å². The van der Waals surface area contributed by atoms with Gasteiger partial charge < -0.3 is 4.42 Å². The smallest absolute Gasteiger partial charge is 0.220 e. The topological polar surface area (TPSA) is 30.2 Å². The molecule has 0 spiro atoms. The summed E-state index contributed by atoms with van der Waals surface area (Å²) in [5.74, 6) is 1.36. The zero-order valence-electron chi connectivity index (χ0n) is 11.5. The Morgan fingerprint density at radius 3 is 2.70 bits per heavy atom. The molecule has 104 valence electrons. The van der Waals surface area contributed by atoms with Crippen molar-refractivity contribution in [2.24, 2.45) is 0 Å². The molecule has 0 saturated carbocycles. The van der Waals surface area contributed by atoms with Crippen LogP contribution in [-0.2, 0) is 0 Å². The molecule has 20 heavy (non-hydrogen) atoms. The van der Waals surface area contributed by atoms with Crippen molar-refractivity contribution < 1.29 is 9.21 Å². The zero-order chi connectivity index (χ0) is 14.2. The molecule has 0 N–H and O–H groups in total. The second-order valence-corrected chi connectivity index (χ2v) is 5.81. The number of benzene rings is 1. The second kappa shape index (κ2) is 7.75. The first-order valence-corrected chi connectivity index (χ1v) is 7.77. The molecule has 2 nitrogen and oxygen atoms in total. The van der Waals surface area contributed by atoms with E-state index in [1.165, 1.54) is 11.8 Å². The molecule has 0 unspecified atom stereocenters. The van der Waals surface area contributed by atoms with E-state index in [1.807, 2.05) is 23.9 Å². The van der Waals surface area contributed by atoms with Gasteiger partial charge >= 0.3 is 0 Å². The zero-order valence-corrected chi connectivity index (χ0v) is 12.3. The van der Waals surface area contributed by atoms with Crippen LogP contribution in [0.3, 0.4) is 0 Å². The van der Waals surface area contributed by atoms with Gasteiger partial charge in [-0.25, -0.2) is 0 Å². The highest BCUT2D eigenvalue weighted by molar-refractivity contribution is 7.99. The van der Waals surface area contributed by atoms with Crippen molar-refractivity contribution in [3.63, 3.8) is 0 Å². The molecule has 1 atom stereocenters. The summed E-state index contributed by atoms with van der Waals surface area (Å²) in [6.45, 7) is 2.15. The summed E-state index contributed by atoms with van der Waals surface area (Å²) in [4.78, 5) is 11.8. The largest absolute Gasteiger partial charge is 0.461 e. The highest BCUT2D eigenvalue weighted by Crippen LogP contribution is 2.32. The Hall–Kier alpha value is -1.74. The predicted molar refractivity (Wildman–Crippen MR) is 84.1 cm³/mol. The summed E-state index contributed by atoms with van der Waals surface area (Å²) >= 11 is 1.89. The lowest BCUT2D eigenvalue weighted by Gasteiger charge is -2.13. The van der Waals surface area contributed by atoms with Gasteiger partial charge in [0, 0.05) is 5.25 Å². The van der Waals surface area contributed by atoms with E-state index in [9.17, 15) is 4.79 Å². The van der Waals surface area contributed by atoms with Crippen molar-refractivity contribution in [3.8, 4) is 0 Å². The van der Waals surface area contributed by atoms with Crippen molar-refractivity contribution >= 4 is 17.5 Å². The van der Waals surface area contributed by atoms with Gasteiger partial charge in [0.25, 0.3) is 0 Å². The molecule has 0 aliphatic rings. The SMILES string of the molecule is CCS[C@H](C/C=C/C(=O)c1ccco1)c1ccccc1. The fourth-order valence-electron chi connectivity index (χ4n) is 1.97. The predicted octanol–water partition coefficient (Wildman–Crippen LogP) is 4.90. The fourth-order valence-corrected chi connectivity index (χ4v) is 2.97. The van der Waals surface area contributed by atoms with Crippen LogP contribution in [0.1, 0.15) is 34.7 Å². The van der Waals surface area contributed by atoms with E-state index in [1.54, 1.807) is 18.2 Å². The second-order valence-electron chi connectivity index (χ2n) is 4.33. The van der Waals surface area contributed by atoms with Gasteiger partial charge in [-0.2, -0.15) is 11.8 Å². The molecule has 0 aliphatic carbocycles. The number of hydrogen-bond acceptors (Lipinski definition) is 3. The molecule has 1 aromatic carbocycles. The Morgan fingerprint density at radius 2 is 2.05 bits per heavy atom. The highest BCUT2D eigenvalue weighted by Gasteiger charge is 2.09. The summed E-state index contributed by atoms with van der Waals surface area (Å²) in [6.07, 6.45) is 5.89. The van der Waals surface area contributed by atoms with Gasteiger partial charge in [0.2, 0.25) is 5.78 Å². The lowest BCUT2D eigenvalue weighted by molar-refractivity contribution is 0.102. The Labute approximate surface area is 123 Å². The number of hydrogen-bond donors (Lipinski definition) is 0. The summed E-state index contributed by atoms with van der Waals surface area (Å²) in [7, 11) is 0. The normalized spacial score (nSPS) is 12.7. The molecule has 2 rings (SSSR count). The van der Waals surface area contributed by atoms with Crippen molar-refractivity contribution in [2.75, 3.05) is 5.75 Å². The summed E-state index contributed by atoms with van der Waals surface area (Å²) in [6, 6.07) is 13.8. The number of rotatable bonds is 7. The Bertz CT molecular complexity index is 544. The molecule has 1 aromatic heterocycles. The van der Waals surface area contributed by atoms with Gasteiger partial charge in [0.05, 0.1) is 6.26 Å². The molecular formula is C17H18O2S. The number of carbonyl (C=O) groups excluding carboxylic acids is 1. The Morgan fingerprint density at radius 1 is 1.25 bits per heavy atom. The standard InChI is InChI=1S/C17H18O2S/c1-2-20-17(14-8-4-3-5-9-14)12-6-10-15(18)16-11-7-13-19-16/h3-11,13,17H,2,12H2,1H3/b10-6+/t17-/m1/s1. The first-order valence-electron chi connectivity index (χ1n) is 6.72. The fraction of sp³-hybridized carbons (Fsp3) is 0.235. The van der Waals surface area contributed by atoms with E-state index in [0.717, 1.165) is 12.2 Å². The van der Waals surface area contributed by atoms with E-state index < -0.39 is 0 Å². The molecule has 0 aliphatic heterocycles. The van der Waals surface area contributed by atoms with Crippen LogP contribution in [0.4, 0.5) is 0 Å². The van der Waals surface area contributed by atoms with E-state index in [2.05, 4.69) is 31.2 Å². The van der Waals surface area contributed by atoms with Crippen LogP contribution >= 0.6 is 11.8 Å². The highest BCUT2D eigenvalue weighted by atomic mass is 32.2. The average molecular weight is 286 g/mol. The van der Waals surface area contributed by atoms with E-state index in [4.69, 9.17) is 4.42 Å². The summed E-state index contributed by atoms with van der Waals surface area (Å²) in [5, 5.41) is 0.391. The molecule has 2 aromatic rings. The van der Waals surface area contributed by atoms with E-state index >= 15 is 0 Å². The number of thioether (sulfide) groups is 1. The minimum Gasteiger partial charge on any atom is -0.461 e. The maximum absolute atomic E-state index is 11.8. The lowest BCUT2D eigenvalue weighted by Crippen LogP contribution is -1.95. The van der Waals surface area contributed by atoms with E-state index in [-0.39, 0.29) is 5.78 Å². The lowest BCUT2D eigenvalue weighted by atomic mass is 10.1. The van der Waals surface area contributed by atoms with Gasteiger partial charge in [-0.1, -0.05) is 43.3 Å². The molecule has 0 bridgehead atoms. The van der Waals surface area contributed by atoms with Crippen molar-refractivity contribution in [2.45, 2.75) is 18.6 Å². The Kier molecular flexibility index (Phi) is 5.69. The Balaban J connectivity index is 1.97. The maximum atomic E-state index is 11.8. The van der Waals surface area contributed by atoms with Crippen molar-refractivity contribution in [1.29, 1.82) is 0 Å². The van der Waals surface area contributed by atoms with Crippen molar-refractivity contribution in [1.82, 2.24) is 0 Å². The van der Waals surface area contributed by atoms with Gasteiger partial charge in [0.15, 0.2) is 5.76 Å². The first-order chi connectivity index (χ1) is 9.81. The number of carbonyl (C=O) groups is 1. The van der Waals surface area contributed by atoms with Crippen LogP contribution < -0.4 is 0 Å². The third-order valence-corrected chi connectivity index (χ3v) is 4.12. The van der Waals surface area contributed by atoms with Crippen LogP contribution in [0.25, 0.3) is 0 Å². The van der Waals surface area contributed by atoms with Crippen LogP contribution in [0, 0.1) is 0 Å². The molecule has 0 amide bonds. The maximum Gasteiger partial charge on any atom is 0.220 e. The number of furan rings is 1. The van der Waals surface area contributed by atoms with Crippen LogP contribution in [0.2, 0.25) is 0 Å². The minimum absolute atomic E-state index is 0.0803. The first kappa shape index (κ1) is 14.7. The summed E-state index contributed by atoms with van der Waals surface area (Å²) in [5.41, 5.74) is 1.30. The van der Waals surface area contributed by atoms with Crippen molar-refractivity contribution in [3.05, 3.63) is 72.2 Å². The third kappa shape index (κ3) is 4.14. The van der Waals surface area contributed by atoms with Crippen LogP contribution in [0.15, 0.2) is 65.3 Å². The summed E-state index contributed by atoms with van der Waals surface area (Å²) < 4.78 is 5.08. The molecular weight excluding hydrogens is 268 g/mol. The average Bonchev–Trinajstić information content (AvgIpc) is 3.01. The molecule has 0 saturated heterocycles. The minimum atomic E-state index is -0.0803. The van der Waals surface area contributed by atoms with Gasteiger partial charge in [-0.05, 0) is 35.9 Å². The number of ketones is 1. The number of allylic oxidation sites excluding steroid dienone is 2. The quantitative estimate of drug-likeness (QED) is 0.535. The molecule has 1 heterocycles. The van der Waals surface area contributed by atoms with E-state index in [0.29, 0.717) is 11.0 Å². The van der Waals surface area contributed by atoms with Crippen LogP contribution in [0.5, 0.6) is 0 Å². The monoisotopic (exact) mass is 286 g/mol. The molecule has 3 heteroatoms. The van der Waals surface area contributed by atoms with Gasteiger partial charge in [-0.15, -0.1) is 0 Å². The van der Waals surface area contributed by atoms with Crippen LogP contribution in [-0.4, -0.2) is 11.5 Å². The third-order valence-electron chi connectivity index (χ3n) is 2.92.